The van der Waals surface area contributed by atoms with Crippen molar-refractivity contribution in [3.8, 4) is 0 Å². The van der Waals surface area contributed by atoms with Gasteiger partial charge in [-0.05, 0) is 12.8 Å². The number of anilines is 1. The lowest BCUT2D eigenvalue weighted by molar-refractivity contribution is 0.100. The molecule has 2 fully saturated rings. The molecule has 3 N–H and O–H groups in total. The number of hydrogen-bond acceptors (Lipinski definition) is 6. The molecular weight excluding hydrogens is 336 g/mol. The minimum Gasteiger partial charge on any atom is -0.444 e. The molecule has 1 aliphatic heterocycles. The second-order valence-corrected chi connectivity index (χ2v) is 6.66. The minimum absolute atomic E-state index is 0.0219. The highest BCUT2D eigenvalue weighted by molar-refractivity contribution is 6.33. The molecule has 1 aromatic heterocycles. The summed E-state index contributed by atoms with van der Waals surface area (Å²) in [6, 6.07) is -0.0219. The molecule has 0 aromatic carbocycles. The van der Waals surface area contributed by atoms with E-state index in [1.54, 1.807) is 0 Å². The van der Waals surface area contributed by atoms with Gasteiger partial charge in [0.15, 0.2) is 0 Å². The largest absolute Gasteiger partial charge is 0.444 e. The lowest BCUT2D eigenvalue weighted by Crippen LogP contribution is -2.40. The lowest BCUT2D eigenvalue weighted by Gasteiger charge is -2.21. The molecule has 0 bridgehead atoms. The summed E-state index contributed by atoms with van der Waals surface area (Å²) in [6.45, 7) is 1.17. The normalized spacial score (nSPS) is 26.6. The Morgan fingerprint density at radius 3 is 3.12 bits per heavy atom. The third kappa shape index (κ3) is 3.64. The number of aromatic amines is 1. The fraction of sp³-hybridized carbons (Fsp3) is 0.667. The molecule has 3 rings (SSSR count). The first kappa shape index (κ1) is 17.0. The van der Waals surface area contributed by atoms with Crippen LogP contribution in [0.2, 0.25) is 5.02 Å². The van der Waals surface area contributed by atoms with E-state index >= 15 is 0 Å². The summed E-state index contributed by atoms with van der Waals surface area (Å²) >= 11 is 6.00. The van der Waals surface area contributed by atoms with E-state index in [0.29, 0.717) is 25.2 Å². The standard InChI is InChI=1S/C15H21ClN4O4/c16-13-12(6-17-19-14(13)22)20-5-4-10(7-20)24-15(23)18-11-3-1-2-9(11)8-21/h6,9-11,21H,1-5,7-8H2,(H,18,23)(H,19,22)/t9-,10+,11+/m0/s1. The predicted molar refractivity (Wildman–Crippen MR) is 88.3 cm³/mol. The van der Waals surface area contributed by atoms with Crippen molar-refractivity contribution in [3.63, 3.8) is 0 Å². The number of halogens is 1. The summed E-state index contributed by atoms with van der Waals surface area (Å²) in [5.41, 5.74) is 0.107. The molecule has 9 heteroatoms. The van der Waals surface area contributed by atoms with E-state index in [1.165, 1.54) is 6.20 Å². The van der Waals surface area contributed by atoms with Gasteiger partial charge in [-0.2, -0.15) is 5.10 Å². The van der Waals surface area contributed by atoms with E-state index in [4.69, 9.17) is 16.3 Å². The number of nitrogens with one attached hydrogen (secondary N) is 2. The highest BCUT2D eigenvalue weighted by Gasteiger charge is 2.31. The maximum atomic E-state index is 12.1. The molecule has 2 heterocycles. The number of hydrogen-bond donors (Lipinski definition) is 3. The third-order valence-corrected chi connectivity index (χ3v) is 5.10. The van der Waals surface area contributed by atoms with Crippen molar-refractivity contribution in [3.05, 3.63) is 21.6 Å². The first-order valence-corrected chi connectivity index (χ1v) is 8.52. The van der Waals surface area contributed by atoms with E-state index < -0.39 is 11.7 Å². The SMILES string of the molecule is O=C(N[C@@H]1CCC[C@H]1CO)O[C@@H]1CCN(c2cn[nH]c(=O)c2Cl)C1. The van der Waals surface area contributed by atoms with Gasteiger partial charge in [0.05, 0.1) is 18.4 Å². The van der Waals surface area contributed by atoms with E-state index in [2.05, 4.69) is 15.5 Å². The van der Waals surface area contributed by atoms with Gasteiger partial charge >= 0.3 is 6.09 Å². The maximum Gasteiger partial charge on any atom is 0.407 e. The molecule has 132 valence electrons. The molecule has 2 aliphatic rings. The number of alkyl carbamates (subject to hydrolysis) is 1. The van der Waals surface area contributed by atoms with Gasteiger partial charge in [-0.3, -0.25) is 4.79 Å². The van der Waals surface area contributed by atoms with Crippen molar-refractivity contribution in [2.45, 2.75) is 37.8 Å². The number of nitrogens with zero attached hydrogens (tertiary/aromatic N) is 2. The van der Waals surface area contributed by atoms with Crippen LogP contribution in [0, 0.1) is 5.92 Å². The molecule has 1 aromatic rings. The Hall–Kier alpha value is -1.80. The number of amides is 1. The maximum absolute atomic E-state index is 12.1. The van der Waals surface area contributed by atoms with Crippen LogP contribution in [-0.2, 0) is 4.74 Å². The van der Waals surface area contributed by atoms with Crippen LogP contribution in [0.5, 0.6) is 0 Å². The van der Waals surface area contributed by atoms with Crippen molar-refractivity contribution < 1.29 is 14.6 Å². The van der Waals surface area contributed by atoms with Gasteiger partial charge in [0.1, 0.15) is 11.1 Å². The summed E-state index contributed by atoms with van der Waals surface area (Å²) in [5.74, 6) is 0.110. The Morgan fingerprint density at radius 1 is 1.50 bits per heavy atom. The van der Waals surface area contributed by atoms with Crippen LogP contribution >= 0.6 is 11.6 Å². The number of aromatic nitrogens is 2. The summed E-state index contributed by atoms with van der Waals surface area (Å²) in [4.78, 5) is 25.5. The van der Waals surface area contributed by atoms with Crippen LogP contribution in [0.15, 0.2) is 11.0 Å². The van der Waals surface area contributed by atoms with Crippen molar-refractivity contribution in [1.82, 2.24) is 15.5 Å². The number of aliphatic hydroxyl groups excluding tert-OH is 1. The average molecular weight is 357 g/mol. The molecule has 0 radical (unpaired) electrons. The van der Waals surface area contributed by atoms with Crippen molar-refractivity contribution in [2.75, 3.05) is 24.6 Å². The molecule has 1 amide bonds. The first-order chi connectivity index (χ1) is 11.6. The lowest BCUT2D eigenvalue weighted by atomic mass is 10.1. The Balaban J connectivity index is 1.53. The van der Waals surface area contributed by atoms with Crippen molar-refractivity contribution in [1.29, 1.82) is 0 Å². The smallest absolute Gasteiger partial charge is 0.407 e. The number of rotatable bonds is 4. The number of H-pyrrole nitrogens is 1. The Morgan fingerprint density at radius 2 is 2.33 bits per heavy atom. The molecule has 8 nitrogen and oxygen atoms in total. The van der Waals surface area contributed by atoms with Gasteiger partial charge in [0.25, 0.3) is 5.56 Å². The topological polar surface area (TPSA) is 108 Å². The van der Waals surface area contributed by atoms with Crippen LogP contribution in [0.1, 0.15) is 25.7 Å². The molecule has 1 saturated carbocycles. The summed E-state index contributed by atoms with van der Waals surface area (Å²) in [6.07, 6.45) is 4.22. The van der Waals surface area contributed by atoms with Crippen LogP contribution in [0.4, 0.5) is 10.5 Å². The van der Waals surface area contributed by atoms with E-state index in [1.807, 2.05) is 4.90 Å². The number of aliphatic hydroxyl groups is 1. The van der Waals surface area contributed by atoms with Crippen molar-refractivity contribution in [2.24, 2.45) is 5.92 Å². The van der Waals surface area contributed by atoms with Crippen LogP contribution in [0.25, 0.3) is 0 Å². The Labute approximate surface area is 144 Å². The predicted octanol–water partition coefficient (Wildman–Crippen LogP) is 0.889. The molecule has 0 spiro atoms. The number of ether oxygens (including phenoxy) is 1. The van der Waals surface area contributed by atoms with Gasteiger partial charge in [-0.15, -0.1) is 0 Å². The van der Waals surface area contributed by atoms with Crippen molar-refractivity contribution >= 4 is 23.4 Å². The van der Waals surface area contributed by atoms with Gasteiger partial charge in [-0.25, -0.2) is 9.89 Å². The molecular formula is C15H21ClN4O4. The van der Waals surface area contributed by atoms with Gasteiger partial charge in [0, 0.05) is 31.5 Å². The highest BCUT2D eigenvalue weighted by Crippen LogP contribution is 2.27. The third-order valence-electron chi connectivity index (χ3n) is 4.73. The highest BCUT2D eigenvalue weighted by atomic mass is 35.5. The average Bonchev–Trinajstić information content (AvgIpc) is 3.19. The van der Waals surface area contributed by atoms with Gasteiger partial charge in [-0.1, -0.05) is 18.0 Å². The zero-order valence-electron chi connectivity index (χ0n) is 13.2. The molecule has 1 aliphatic carbocycles. The molecule has 24 heavy (non-hydrogen) atoms. The summed E-state index contributed by atoms with van der Waals surface area (Å²) in [7, 11) is 0. The van der Waals surface area contributed by atoms with Gasteiger partial charge < -0.3 is 20.1 Å². The van der Waals surface area contributed by atoms with Gasteiger partial charge in [0.2, 0.25) is 0 Å². The van der Waals surface area contributed by atoms with E-state index in [0.717, 1.165) is 19.3 Å². The fourth-order valence-corrected chi connectivity index (χ4v) is 3.63. The fourth-order valence-electron chi connectivity index (χ4n) is 3.42. The number of carbonyl (C=O) groups excluding carboxylic acids is 1. The van der Waals surface area contributed by atoms with E-state index in [-0.39, 0.29) is 29.7 Å². The van der Waals surface area contributed by atoms with Crippen LogP contribution < -0.4 is 15.8 Å². The van der Waals surface area contributed by atoms with E-state index in [9.17, 15) is 14.7 Å². The zero-order valence-corrected chi connectivity index (χ0v) is 14.0. The number of carbonyl (C=O) groups is 1. The van der Waals surface area contributed by atoms with Crippen LogP contribution in [-0.4, -0.2) is 53.2 Å². The summed E-state index contributed by atoms with van der Waals surface area (Å²) in [5, 5.41) is 18.3. The summed E-state index contributed by atoms with van der Waals surface area (Å²) < 4.78 is 5.47. The minimum atomic E-state index is -0.456. The first-order valence-electron chi connectivity index (χ1n) is 8.14. The zero-order chi connectivity index (χ0) is 17.1. The molecule has 3 atom stereocenters. The molecule has 0 unspecified atom stereocenters. The monoisotopic (exact) mass is 356 g/mol. The second-order valence-electron chi connectivity index (χ2n) is 6.28. The molecule has 1 saturated heterocycles. The Kier molecular flexibility index (Phi) is 5.25. The van der Waals surface area contributed by atoms with Crippen LogP contribution in [0.3, 0.4) is 0 Å². The second kappa shape index (κ2) is 7.40. The quantitative estimate of drug-likeness (QED) is 0.739. The Bertz CT molecular complexity index is 653.